The van der Waals surface area contributed by atoms with Crippen LogP contribution in [-0.4, -0.2) is 46.5 Å². The van der Waals surface area contributed by atoms with Crippen LogP contribution in [0, 0.1) is 10.1 Å². The minimum absolute atomic E-state index is 0.0434. The molecule has 0 aliphatic rings. The number of nitro groups is 1. The Labute approximate surface area is 143 Å². The number of aryl methyl sites for hydroxylation is 1. The van der Waals surface area contributed by atoms with Gasteiger partial charge in [0.25, 0.3) is 5.69 Å². The summed E-state index contributed by atoms with van der Waals surface area (Å²) < 4.78 is 45.8. The topological polar surface area (TPSA) is 114 Å². The molecule has 0 spiro atoms. The zero-order valence-electron chi connectivity index (χ0n) is 13.3. The predicted octanol–water partition coefficient (Wildman–Crippen LogP) is 2.23. The second-order valence-electron chi connectivity index (χ2n) is 5.06. The van der Waals surface area contributed by atoms with Crippen LogP contribution in [0.1, 0.15) is 16.8 Å². The second kappa shape index (κ2) is 7.37. The first-order valence-corrected chi connectivity index (χ1v) is 7.11. The van der Waals surface area contributed by atoms with Crippen LogP contribution in [0.25, 0.3) is 10.9 Å². The van der Waals surface area contributed by atoms with Crippen molar-refractivity contribution < 1.29 is 37.2 Å². The molecule has 26 heavy (non-hydrogen) atoms. The highest BCUT2D eigenvalue weighted by molar-refractivity contribution is 5.99. The number of carbonyl (C=O) groups excluding carboxylic acids is 2. The molecular weight excluding hydrogens is 363 g/mol. The number of hydrogen-bond donors (Lipinski definition) is 0. The summed E-state index contributed by atoms with van der Waals surface area (Å²) in [6.07, 6.45) is -3.58. The molecule has 0 bridgehead atoms. The van der Waals surface area contributed by atoms with Gasteiger partial charge in [0.2, 0.25) is 0 Å². The summed E-state index contributed by atoms with van der Waals surface area (Å²) in [5, 5.41) is 15.5. The van der Waals surface area contributed by atoms with Gasteiger partial charge >= 0.3 is 18.1 Å². The number of alkyl halides is 3. The van der Waals surface area contributed by atoms with Crippen molar-refractivity contribution in [3.8, 4) is 0 Å². The van der Waals surface area contributed by atoms with E-state index in [4.69, 9.17) is 0 Å². The third-order valence-corrected chi connectivity index (χ3v) is 3.27. The molecule has 0 saturated carbocycles. The summed E-state index contributed by atoms with van der Waals surface area (Å²) in [6.45, 7) is -0.372. The molecule has 1 aromatic carbocycles. The summed E-state index contributed by atoms with van der Waals surface area (Å²) in [6, 6.07) is 2.34. The number of methoxy groups -OCH3 is 1. The smallest absolute Gasteiger partial charge is 0.465 e. The van der Waals surface area contributed by atoms with Crippen molar-refractivity contribution in [2.75, 3.05) is 13.7 Å². The van der Waals surface area contributed by atoms with Crippen molar-refractivity contribution in [3.63, 3.8) is 0 Å². The fourth-order valence-electron chi connectivity index (χ4n) is 2.12. The predicted molar refractivity (Wildman–Crippen MR) is 79.4 cm³/mol. The van der Waals surface area contributed by atoms with Crippen LogP contribution in [0.5, 0.6) is 0 Å². The zero-order valence-corrected chi connectivity index (χ0v) is 13.3. The lowest BCUT2D eigenvalue weighted by Gasteiger charge is -2.06. The second-order valence-corrected chi connectivity index (χ2v) is 5.06. The molecule has 0 atom stereocenters. The highest BCUT2D eigenvalue weighted by atomic mass is 19.4. The lowest BCUT2D eigenvalue weighted by atomic mass is 10.1. The Balaban J connectivity index is 2.12. The van der Waals surface area contributed by atoms with E-state index in [1.807, 2.05) is 0 Å². The average molecular weight is 375 g/mol. The van der Waals surface area contributed by atoms with Crippen LogP contribution in [-0.2, 0) is 20.8 Å². The normalized spacial score (nSPS) is 11.4. The molecule has 0 N–H and O–H groups in total. The number of fused-ring (bicyclic) bond motifs is 1. The van der Waals surface area contributed by atoms with Gasteiger partial charge in [-0.2, -0.15) is 18.3 Å². The maximum atomic E-state index is 12.0. The van der Waals surface area contributed by atoms with Crippen molar-refractivity contribution in [3.05, 3.63) is 34.0 Å². The number of aromatic nitrogens is 2. The summed E-state index contributed by atoms with van der Waals surface area (Å²) in [7, 11) is 1.08. The van der Waals surface area contributed by atoms with Crippen LogP contribution in [0.2, 0.25) is 0 Å². The minimum atomic E-state index is -5.05. The number of rotatable bonds is 6. The van der Waals surface area contributed by atoms with E-state index in [2.05, 4.69) is 14.6 Å². The van der Waals surface area contributed by atoms with Gasteiger partial charge in [-0.25, -0.2) is 9.59 Å². The minimum Gasteiger partial charge on any atom is -0.465 e. The van der Waals surface area contributed by atoms with E-state index >= 15 is 0 Å². The highest BCUT2D eigenvalue weighted by Crippen LogP contribution is 2.26. The Kier molecular flexibility index (Phi) is 5.43. The van der Waals surface area contributed by atoms with E-state index in [0.29, 0.717) is 5.39 Å². The molecule has 140 valence electrons. The molecule has 0 unspecified atom stereocenters. The summed E-state index contributed by atoms with van der Waals surface area (Å²) >= 11 is 0. The fraction of sp³-hybridized carbons (Fsp3) is 0.357. The van der Waals surface area contributed by atoms with Crippen molar-refractivity contribution in [1.82, 2.24) is 9.78 Å². The maximum Gasteiger partial charge on any atom is 0.490 e. The van der Waals surface area contributed by atoms with Gasteiger partial charge in [-0.1, -0.05) is 0 Å². The summed E-state index contributed by atoms with van der Waals surface area (Å²) in [5.41, 5.74) is -0.458. The van der Waals surface area contributed by atoms with E-state index in [1.165, 1.54) is 16.9 Å². The van der Waals surface area contributed by atoms with E-state index in [1.54, 1.807) is 0 Å². The monoisotopic (exact) mass is 375 g/mol. The number of benzene rings is 1. The Morgan fingerprint density at radius 1 is 1.35 bits per heavy atom. The number of nitrogens with zero attached hydrogens (tertiary/aromatic N) is 3. The number of esters is 2. The molecule has 2 aromatic rings. The molecule has 12 heteroatoms. The van der Waals surface area contributed by atoms with Gasteiger partial charge in [0.1, 0.15) is 5.56 Å². The van der Waals surface area contributed by atoms with Gasteiger partial charge in [0.05, 0.1) is 24.2 Å². The Hall–Kier alpha value is -3.18. The van der Waals surface area contributed by atoms with Gasteiger partial charge < -0.3 is 9.47 Å². The maximum absolute atomic E-state index is 12.0. The molecule has 1 heterocycles. The molecule has 0 aliphatic heterocycles. The van der Waals surface area contributed by atoms with E-state index in [9.17, 15) is 32.9 Å². The summed E-state index contributed by atoms with van der Waals surface area (Å²) in [4.78, 5) is 32.6. The Bertz CT molecular complexity index is 861. The standard InChI is InChI=1S/C14H12F3N3O6/c1-25-12(21)9-6-10-8(5-11(9)20(23)24)7-19(18-10)3-2-4-26-13(22)14(15,16)17/h5-7H,2-4H2,1H3. The first kappa shape index (κ1) is 19.1. The van der Waals surface area contributed by atoms with Crippen molar-refractivity contribution in [2.45, 2.75) is 19.1 Å². The summed E-state index contributed by atoms with van der Waals surface area (Å²) in [5.74, 6) is -3.17. The lowest BCUT2D eigenvalue weighted by Crippen LogP contribution is -2.26. The number of ether oxygens (including phenoxy) is 2. The third-order valence-electron chi connectivity index (χ3n) is 3.27. The fourth-order valence-corrected chi connectivity index (χ4v) is 2.12. The third kappa shape index (κ3) is 4.26. The van der Waals surface area contributed by atoms with Crippen molar-refractivity contribution in [1.29, 1.82) is 0 Å². The highest BCUT2D eigenvalue weighted by Gasteiger charge is 2.40. The van der Waals surface area contributed by atoms with Crippen LogP contribution >= 0.6 is 0 Å². The van der Waals surface area contributed by atoms with Crippen LogP contribution in [0.4, 0.5) is 18.9 Å². The Morgan fingerprint density at radius 3 is 2.62 bits per heavy atom. The van der Waals surface area contributed by atoms with Crippen LogP contribution in [0.3, 0.4) is 0 Å². The molecule has 0 fully saturated rings. The molecule has 0 radical (unpaired) electrons. The molecule has 1 aromatic heterocycles. The van der Waals surface area contributed by atoms with Crippen molar-refractivity contribution in [2.24, 2.45) is 0 Å². The molecule has 0 amide bonds. The van der Waals surface area contributed by atoms with Crippen LogP contribution < -0.4 is 0 Å². The Morgan fingerprint density at radius 2 is 2.04 bits per heavy atom. The van der Waals surface area contributed by atoms with Gasteiger partial charge in [0, 0.05) is 30.6 Å². The average Bonchev–Trinajstić information content (AvgIpc) is 2.97. The molecular formula is C14H12F3N3O6. The lowest BCUT2D eigenvalue weighted by molar-refractivity contribution is -0.385. The zero-order chi connectivity index (χ0) is 19.5. The van der Waals surface area contributed by atoms with E-state index in [0.717, 1.165) is 13.2 Å². The van der Waals surface area contributed by atoms with E-state index < -0.39 is 35.3 Å². The molecule has 0 saturated heterocycles. The largest absolute Gasteiger partial charge is 0.490 e. The molecule has 9 nitrogen and oxygen atoms in total. The first-order chi connectivity index (χ1) is 12.1. The quantitative estimate of drug-likeness (QED) is 0.329. The number of hydrogen-bond acceptors (Lipinski definition) is 7. The molecule has 2 rings (SSSR count). The van der Waals surface area contributed by atoms with Crippen molar-refractivity contribution >= 4 is 28.5 Å². The van der Waals surface area contributed by atoms with Gasteiger partial charge in [-0.05, 0) is 6.07 Å². The van der Waals surface area contributed by atoms with Crippen LogP contribution in [0.15, 0.2) is 18.3 Å². The SMILES string of the molecule is COC(=O)c1cc2nn(CCCOC(=O)C(F)(F)F)cc2cc1[N+](=O)[O-]. The van der Waals surface area contributed by atoms with Gasteiger partial charge in [0.15, 0.2) is 0 Å². The number of halogens is 3. The first-order valence-electron chi connectivity index (χ1n) is 7.11. The van der Waals surface area contributed by atoms with E-state index in [-0.39, 0.29) is 24.0 Å². The van der Waals surface area contributed by atoms with Gasteiger partial charge in [-0.3, -0.25) is 14.8 Å². The number of nitro benzene ring substituents is 1. The molecule has 0 aliphatic carbocycles. The van der Waals surface area contributed by atoms with Gasteiger partial charge in [-0.15, -0.1) is 0 Å². The number of carbonyl (C=O) groups is 2.